The third-order valence-electron chi connectivity index (χ3n) is 3.18. The van der Waals surface area contributed by atoms with E-state index >= 15 is 0 Å². The van der Waals surface area contributed by atoms with Crippen molar-refractivity contribution in [3.8, 4) is 11.5 Å². The van der Waals surface area contributed by atoms with E-state index in [2.05, 4.69) is 20.3 Å². The average Bonchev–Trinajstić information content (AvgIpc) is 3.11. The first-order valence-electron chi connectivity index (χ1n) is 6.89. The van der Waals surface area contributed by atoms with Crippen molar-refractivity contribution in [1.29, 1.82) is 0 Å². The van der Waals surface area contributed by atoms with Crippen molar-refractivity contribution in [3.63, 3.8) is 0 Å². The van der Waals surface area contributed by atoms with Crippen LogP contribution in [0.25, 0.3) is 11.5 Å². The van der Waals surface area contributed by atoms with Crippen molar-refractivity contribution in [3.05, 3.63) is 41.5 Å². The van der Waals surface area contributed by atoms with E-state index in [0.29, 0.717) is 11.6 Å². The minimum absolute atomic E-state index is 0.0197. The molecule has 0 spiro atoms. The van der Waals surface area contributed by atoms with E-state index in [-0.39, 0.29) is 11.5 Å². The van der Waals surface area contributed by atoms with Crippen molar-refractivity contribution in [2.45, 2.75) is 31.3 Å². The molecule has 1 aromatic carbocycles. The minimum atomic E-state index is -0.741. The number of rotatable bonds is 5. The third-order valence-corrected chi connectivity index (χ3v) is 4.14. The zero-order valence-electron chi connectivity index (χ0n) is 12.5. The largest absolute Gasteiger partial charge is 0.334 e. The van der Waals surface area contributed by atoms with Gasteiger partial charge in [0.2, 0.25) is 0 Å². The number of benzene rings is 1. The number of hydrogen-bond acceptors (Lipinski definition) is 6. The molecule has 2 heterocycles. The fraction of sp³-hybridized carbons (Fsp3) is 0.286. The Morgan fingerprint density at radius 1 is 1.26 bits per heavy atom. The third kappa shape index (κ3) is 3.24. The zero-order chi connectivity index (χ0) is 16.4. The second-order valence-electron chi connectivity index (χ2n) is 4.70. The fourth-order valence-corrected chi connectivity index (χ4v) is 2.94. The van der Waals surface area contributed by atoms with Gasteiger partial charge in [-0.25, -0.2) is 8.78 Å². The number of aromatic nitrogens is 5. The molecule has 0 unspecified atom stereocenters. The van der Waals surface area contributed by atoms with Gasteiger partial charge >= 0.3 is 0 Å². The van der Waals surface area contributed by atoms with Gasteiger partial charge in [-0.05, 0) is 26.0 Å². The van der Waals surface area contributed by atoms with Crippen molar-refractivity contribution in [1.82, 2.24) is 24.9 Å². The maximum Gasteiger partial charge on any atom is 0.260 e. The van der Waals surface area contributed by atoms with Crippen LogP contribution in [0.1, 0.15) is 18.6 Å². The topological polar surface area (TPSA) is 69.6 Å². The Morgan fingerprint density at radius 3 is 2.83 bits per heavy atom. The molecule has 0 aliphatic rings. The maximum atomic E-state index is 13.7. The second-order valence-corrected chi connectivity index (χ2v) is 5.65. The summed E-state index contributed by atoms with van der Waals surface area (Å²) in [6.45, 7) is 4.65. The molecule has 0 aliphatic heterocycles. The molecular formula is C14H13F2N5OS. The lowest BCUT2D eigenvalue weighted by Crippen LogP contribution is -1.99. The molecule has 23 heavy (non-hydrogen) atoms. The highest BCUT2D eigenvalue weighted by Crippen LogP contribution is 2.24. The number of halogens is 2. The van der Waals surface area contributed by atoms with E-state index < -0.39 is 11.6 Å². The van der Waals surface area contributed by atoms with Crippen LogP contribution in [0.5, 0.6) is 0 Å². The molecule has 0 saturated heterocycles. The first-order chi connectivity index (χ1) is 11.1. The lowest BCUT2D eigenvalue weighted by atomic mass is 10.2. The van der Waals surface area contributed by atoms with Gasteiger partial charge in [0.05, 0.1) is 11.3 Å². The lowest BCUT2D eigenvalue weighted by molar-refractivity contribution is 0.422. The molecule has 0 bridgehead atoms. The van der Waals surface area contributed by atoms with Crippen molar-refractivity contribution < 1.29 is 13.3 Å². The molecule has 120 valence electrons. The Labute approximate surface area is 134 Å². The van der Waals surface area contributed by atoms with Crippen LogP contribution in [0.2, 0.25) is 0 Å². The molecule has 0 radical (unpaired) electrons. The first-order valence-corrected chi connectivity index (χ1v) is 7.87. The molecule has 0 fully saturated rings. The quantitative estimate of drug-likeness (QED) is 0.666. The van der Waals surface area contributed by atoms with Gasteiger partial charge in [0.1, 0.15) is 17.5 Å². The molecule has 0 saturated carbocycles. The summed E-state index contributed by atoms with van der Waals surface area (Å²) in [4.78, 5) is 4.13. The van der Waals surface area contributed by atoms with Gasteiger partial charge in [-0.3, -0.25) is 0 Å². The van der Waals surface area contributed by atoms with Gasteiger partial charge in [0.25, 0.3) is 5.89 Å². The molecule has 2 aromatic heterocycles. The molecule has 0 amide bonds. The van der Waals surface area contributed by atoms with Crippen LogP contribution >= 0.6 is 11.8 Å². The van der Waals surface area contributed by atoms with Crippen LogP contribution < -0.4 is 0 Å². The SMILES string of the molecule is CCn1c(C)nnc1SCc1noc(-c2ccc(F)cc2F)n1. The smallest absolute Gasteiger partial charge is 0.260 e. The van der Waals surface area contributed by atoms with E-state index in [4.69, 9.17) is 4.52 Å². The summed E-state index contributed by atoms with van der Waals surface area (Å²) in [7, 11) is 0. The minimum Gasteiger partial charge on any atom is -0.334 e. The Kier molecular flexibility index (Phi) is 4.37. The molecule has 0 aliphatic carbocycles. The molecule has 3 rings (SSSR count). The summed E-state index contributed by atoms with van der Waals surface area (Å²) >= 11 is 1.41. The van der Waals surface area contributed by atoms with Crippen LogP contribution in [0.15, 0.2) is 27.9 Å². The number of thioether (sulfide) groups is 1. The number of nitrogens with zero attached hydrogens (tertiary/aromatic N) is 5. The normalized spacial score (nSPS) is 11.1. The van der Waals surface area contributed by atoms with Crippen molar-refractivity contribution in [2.24, 2.45) is 0 Å². The number of hydrogen-bond donors (Lipinski definition) is 0. The maximum absolute atomic E-state index is 13.7. The summed E-state index contributed by atoms with van der Waals surface area (Å²) in [6, 6.07) is 3.19. The molecule has 6 nitrogen and oxygen atoms in total. The first kappa shape index (κ1) is 15.6. The van der Waals surface area contributed by atoms with Gasteiger partial charge in [-0.2, -0.15) is 4.98 Å². The predicted octanol–water partition coefficient (Wildman–Crippen LogP) is 3.23. The highest BCUT2D eigenvalue weighted by atomic mass is 32.2. The number of aryl methyl sites for hydroxylation is 1. The molecule has 9 heteroatoms. The van der Waals surface area contributed by atoms with E-state index in [9.17, 15) is 8.78 Å². The zero-order valence-corrected chi connectivity index (χ0v) is 13.3. The monoisotopic (exact) mass is 337 g/mol. The van der Waals surface area contributed by atoms with Crippen molar-refractivity contribution >= 4 is 11.8 Å². The fourth-order valence-electron chi connectivity index (χ4n) is 2.05. The van der Waals surface area contributed by atoms with Crippen LogP contribution in [0, 0.1) is 18.6 Å². The van der Waals surface area contributed by atoms with Gasteiger partial charge in [-0.15, -0.1) is 10.2 Å². The van der Waals surface area contributed by atoms with Gasteiger partial charge < -0.3 is 9.09 Å². The standard InChI is InChI=1S/C14H13F2N5OS/c1-3-21-8(2)18-19-14(21)23-7-12-17-13(22-20-12)10-5-4-9(15)6-11(10)16/h4-6H,3,7H2,1-2H3. The predicted molar refractivity (Wildman–Crippen MR) is 79.6 cm³/mol. The lowest BCUT2D eigenvalue weighted by Gasteiger charge is -2.02. The van der Waals surface area contributed by atoms with Crippen LogP contribution in [-0.2, 0) is 12.3 Å². The molecule has 3 aromatic rings. The van der Waals surface area contributed by atoms with Crippen LogP contribution in [0.4, 0.5) is 8.78 Å². The molecule has 0 N–H and O–H groups in total. The summed E-state index contributed by atoms with van der Waals surface area (Å²) in [5.74, 6) is 0.259. The molecule has 0 atom stereocenters. The summed E-state index contributed by atoms with van der Waals surface area (Å²) in [5, 5.41) is 12.7. The van der Waals surface area contributed by atoms with Crippen LogP contribution in [0.3, 0.4) is 0 Å². The highest BCUT2D eigenvalue weighted by molar-refractivity contribution is 7.98. The van der Waals surface area contributed by atoms with E-state index in [1.807, 2.05) is 18.4 Å². The van der Waals surface area contributed by atoms with Gasteiger partial charge in [-0.1, -0.05) is 16.9 Å². The highest BCUT2D eigenvalue weighted by Gasteiger charge is 2.15. The molecular weight excluding hydrogens is 324 g/mol. The Hall–Kier alpha value is -2.29. The average molecular weight is 337 g/mol. The van der Waals surface area contributed by atoms with Gasteiger partial charge in [0.15, 0.2) is 11.0 Å². The van der Waals surface area contributed by atoms with Crippen molar-refractivity contribution in [2.75, 3.05) is 0 Å². The van der Waals surface area contributed by atoms with E-state index in [0.717, 1.165) is 29.7 Å². The Bertz CT molecular complexity index is 832. The van der Waals surface area contributed by atoms with E-state index in [1.165, 1.54) is 17.8 Å². The summed E-state index contributed by atoms with van der Waals surface area (Å²) in [6.07, 6.45) is 0. The van der Waals surface area contributed by atoms with E-state index in [1.54, 1.807) is 0 Å². The van der Waals surface area contributed by atoms with Gasteiger partial charge in [0, 0.05) is 12.6 Å². The summed E-state index contributed by atoms with van der Waals surface area (Å²) in [5.41, 5.74) is 0.0720. The summed E-state index contributed by atoms with van der Waals surface area (Å²) < 4.78 is 33.6. The Morgan fingerprint density at radius 2 is 2.09 bits per heavy atom. The van der Waals surface area contributed by atoms with Crippen LogP contribution in [-0.4, -0.2) is 24.9 Å². The second kappa shape index (κ2) is 6.45. The Balaban J connectivity index is 1.74.